The van der Waals surface area contributed by atoms with Crippen LogP contribution in [-0.4, -0.2) is 13.0 Å². The van der Waals surface area contributed by atoms with Crippen molar-refractivity contribution in [1.82, 2.24) is 0 Å². The molecule has 2 aromatic rings. The van der Waals surface area contributed by atoms with Crippen molar-refractivity contribution >= 4 is 38.9 Å². The Labute approximate surface area is 125 Å². The van der Waals surface area contributed by atoms with Crippen LogP contribution >= 0.6 is 15.9 Å². The van der Waals surface area contributed by atoms with E-state index in [1.165, 1.54) is 0 Å². The molecule has 0 unspecified atom stereocenters. The summed E-state index contributed by atoms with van der Waals surface area (Å²) < 4.78 is 5.88. The first-order valence-electron chi connectivity index (χ1n) is 5.81. The summed E-state index contributed by atoms with van der Waals surface area (Å²) >= 11 is 3.36. The minimum atomic E-state index is -0.292. The number of ether oxygens (including phenoxy) is 1. The smallest absolute Gasteiger partial charge is 0.257 e. The number of hydrogen-bond acceptors (Lipinski definition) is 4. The van der Waals surface area contributed by atoms with E-state index in [0.717, 1.165) is 4.47 Å². The van der Waals surface area contributed by atoms with Crippen molar-refractivity contribution in [3.63, 3.8) is 0 Å². The molecule has 0 aromatic heterocycles. The number of amides is 1. The van der Waals surface area contributed by atoms with Gasteiger partial charge in [0.1, 0.15) is 5.75 Å². The number of nitrogens with two attached hydrogens (primary N) is 2. The van der Waals surface area contributed by atoms with Crippen LogP contribution in [0.25, 0.3) is 0 Å². The van der Waals surface area contributed by atoms with Gasteiger partial charge in [0, 0.05) is 17.1 Å². The minimum absolute atomic E-state index is 0.292. The van der Waals surface area contributed by atoms with E-state index >= 15 is 0 Å². The van der Waals surface area contributed by atoms with Gasteiger partial charge in [-0.1, -0.05) is 0 Å². The van der Waals surface area contributed by atoms with Gasteiger partial charge in [-0.15, -0.1) is 0 Å². The van der Waals surface area contributed by atoms with Gasteiger partial charge in [-0.2, -0.15) is 0 Å². The number of hydrogen-bond donors (Lipinski definition) is 3. The molecule has 6 heteroatoms. The molecule has 0 saturated carbocycles. The van der Waals surface area contributed by atoms with Crippen LogP contribution in [0.5, 0.6) is 5.75 Å². The van der Waals surface area contributed by atoms with Crippen LogP contribution in [0, 0.1) is 0 Å². The van der Waals surface area contributed by atoms with Gasteiger partial charge in [-0.3, -0.25) is 4.79 Å². The van der Waals surface area contributed by atoms with Crippen LogP contribution in [-0.2, 0) is 0 Å². The van der Waals surface area contributed by atoms with Crippen LogP contribution in [0.1, 0.15) is 10.4 Å². The van der Waals surface area contributed by atoms with E-state index in [1.807, 2.05) is 0 Å². The van der Waals surface area contributed by atoms with Gasteiger partial charge in [0.25, 0.3) is 5.91 Å². The van der Waals surface area contributed by atoms with Crippen LogP contribution in [0.15, 0.2) is 40.9 Å². The average Bonchev–Trinajstić information content (AvgIpc) is 2.38. The molecule has 5 nitrogen and oxygen atoms in total. The summed E-state index contributed by atoms with van der Waals surface area (Å²) in [5, 5.41) is 2.77. The quantitative estimate of drug-likeness (QED) is 0.752. The molecular weight excluding hydrogens is 322 g/mol. The zero-order chi connectivity index (χ0) is 14.7. The lowest BCUT2D eigenvalue weighted by atomic mass is 10.1. The van der Waals surface area contributed by atoms with Crippen molar-refractivity contribution in [1.29, 1.82) is 0 Å². The number of halogens is 1. The van der Waals surface area contributed by atoms with Gasteiger partial charge in [-0.05, 0) is 52.3 Å². The molecule has 0 aliphatic rings. The normalized spacial score (nSPS) is 10.1. The first-order valence-corrected chi connectivity index (χ1v) is 6.60. The Hall–Kier alpha value is -2.21. The van der Waals surface area contributed by atoms with Gasteiger partial charge >= 0.3 is 0 Å². The summed E-state index contributed by atoms with van der Waals surface area (Å²) in [7, 11) is 1.58. The number of nitrogens with one attached hydrogen (secondary N) is 1. The third-order valence-corrected chi connectivity index (χ3v) is 3.35. The van der Waals surface area contributed by atoms with Crippen molar-refractivity contribution in [2.24, 2.45) is 0 Å². The first kappa shape index (κ1) is 14.2. The fourth-order valence-electron chi connectivity index (χ4n) is 1.73. The molecule has 5 N–H and O–H groups in total. The molecule has 0 spiro atoms. The van der Waals surface area contributed by atoms with Crippen LogP contribution in [0.4, 0.5) is 17.1 Å². The van der Waals surface area contributed by atoms with Crippen molar-refractivity contribution < 1.29 is 9.53 Å². The molecule has 2 aromatic carbocycles. The number of methoxy groups -OCH3 is 1. The number of anilines is 3. The average molecular weight is 336 g/mol. The standard InChI is InChI=1S/C14H14BrN3O2/c1-20-13-5-3-9(7-11(13)15)18-14(19)10-4-2-8(16)6-12(10)17/h2-7H,16-17H2,1H3,(H,18,19). The molecule has 0 saturated heterocycles. The molecule has 0 fully saturated rings. The topological polar surface area (TPSA) is 90.4 Å². The van der Waals surface area contributed by atoms with Gasteiger partial charge in [0.15, 0.2) is 0 Å². The van der Waals surface area contributed by atoms with E-state index in [9.17, 15) is 4.79 Å². The third kappa shape index (κ3) is 3.03. The maximum absolute atomic E-state index is 12.1. The lowest BCUT2D eigenvalue weighted by molar-refractivity contribution is 0.102. The lowest BCUT2D eigenvalue weighted by Gasteiger charge is -2.10. The zero-order valence-corrected chi connectivity index (χ0v) is 12.4. The fourth-order valence-corrected chi connectivity index (χ4v) is 2.27. The summed E-state index contributed by atoms with van der Waals surface area (Å²) in [6, 6.07) is 10.0. The van der Waals surface area contributed by atoms with E-state index in [4.69, 9.17) is 16.2 Å². The number of carbonyl (C=O) groups is 1. The maximum atomic E-state index is 12.1. The van der Waals surface area contributed by atoms with Crippen LogP contribution in [0.2, 0.25) is 0 Å². The largest absolute Gasteiger partial charge is 0.496 e. The van der Waals surface area contributed by atoms with Gasteiger partial charge < -0.3 is 21.5 Å². The molecule has 2 rings (SSSR count). The minimum Gasteiger partial charge on any atom is -0.496 e. The van der Waals surface area contributed by atoms with E-state index < -0.39 is 0 Å². The summed E-state index contributed by atoms with van der Waals surface area (Å²) in [6.45, 7) is 0. The number of benzene rings is 2. The molecule has 20 heavy (non-hydrogen) atoms. The molecule has 0 bridgehead atoms. The second kappa shape index (κ2) is 5.83. The number of rotatable bonds is 3. The molecule has 104 valence electrons. The van der Waals surface area contributed by atoms with Crippen molar-refractivity contribution in [2.45, 2.75) is 0 Å². The Morgan fingerprint density at radius 2 is 1.95 bits per heavy atom. The highest BCUT2D eigenvalue weighted by Gasteiger charge is 2.11. The summed E-state index contributed by atoms with van der Waals surface area (Å²) in [5.74, 6) is 0.398. The Morgan fingerprint density at radius 1 is 1.20 bits per heavy atom. The Morgan fingerprint density at radius 3 is 2.55 bits per heavy atom. The van der Waals surface area contributed by atoms with Gasteiger partial charge in [-0.25, -0.2) is 0 Å². The molecule has 1 amide bonds. The van der Waals surface area contributed by atoms with Gasteiger partial charge in [0.05, 0.1) is 17.1 Å². The monoisotopic (exact) mass is 335 g/mol. The van der Waals surface area contributed by atoms with E-state index in [-0.39, 0.29) is 5.91 Å². The van der Waals surface area contributed by atoms with E-state index in [1.54, 1.807) is 43.5 Å². The second-order valence-electron chi connectivity index (χ2n) is 4.15. The Bertz CT molecular complexity index is 659. The van der Waals surface area contributed by atoms with Crippen molar-refractivity contribution in [2.75, 3.05) is 23.9 Å². The molecule has 0 heterocycles. The molecule has 0 radical (unpaired) electrons. The predicted molar refractivity (Wildman–Crippen MR) is 83.9 cm³/mol. The zero-order valence-electron chi connectivity index (χ0n) is 10.8. The van der Waals surface area contributed by atoms with Crippen LogP contribution < -0.4 is 21.5 Å². The second-order valence-corrected chi connectivity index (χ2v) is 5.00. The van der Waals surface area contributed by atoms with Gasteiger partial charge in [0.2, 0.25) is 0 Å². The number of nitrogen functional groups attached to an aromatic ring is 2. The highest BCUT2D eigenvalue weighted by atomic mass is 79.9. The van der Waals surface area contributed by atoms with Crippen molar-refractivity contribution in [3.8, 4) is 5.75 Å². The maximum Gasteiger partial charge on any atom is 0.257 e. The van der Waals surface area contributed by atoms with E-state index in [0.29, 0.717) is 28.4 Å². The highest BCUT2D eigenvalue weighted by molar-refractivity contribution is 9.10. The highest BCUT2D eigenvalue weighted by Crippen LogP contribution is 2.28. The van der Waals surface area contributed by atoms with Crippen LogP contribution in [0.3, 0.4) is 0 Å². The summed E-state index contributed by atoms with van der Waals surface area (Å²) in [5.41, 5.74) is 13.3. The number of carbonyl (C=O) groups excluding carboxylic acids is 1. The summed E-state index contributed by atoms with van der Waals surface area (Å²) in [6.07, 6.45) is 0. The summed E-state index contributed by atoms with van der Waals surface area (Å²) in [4.78, 5) is 12.1. The molecule has 0 aliphatic carbocycles. The predicted octanol–water partition coefficient (Wildman–Crippen LogP) is 2.87. The SMILES string of the molecule is COc1ccc(NC(=O)c2ccc(N)cc2N)cc1Br. The Balaban J connectivity index is 2.21. The molecular formula is C14H14BrN3O2. The fraction of sp³-hybridized carbons (Fsp3) is 0.0714. The Kier molecular flexibility index (Phi) is 4.14. The first-order chi connectivity index (χ1) is 9.51. The van der Waals surface area contributed by atoms with E-state index in [2.05, 4.69) is 21.2 Å². The molecule has 0 aliphatic heterocycles. The lowest BCUT2D eigenvalue weighted by Crippen LogP contribution is -2.14. The molecule has 0 atom stereocenters. The third-order valence-electron chi connectivity index (χ3n) is 2.73. The van der Waals surface area contributed by atoms with Crippen molar-refractivity contribution in [3.05, 3.63) is 46.4 Å².